The molecule has 2 heterocycles. The number of benzene rings is 2. The standard InChI is InChI=1S/C40H64I2N2Si2/c1-25(2)29-19-17-20-30(26(3)4)33(29)43-35(37(9,10)23-39(43,13)14)45(41)46(42)36-38(11,12)24-40(15,16)44(36)34-31(27(5)6)21-18-22-32(34)28(7)8/h17-22,25-28,35-36H,23-24H2,1-16H3/b46-45+/t35-,36-/m0/s1. The van der Waals surface area contributed by atoms with E-state index in [1.165, 1.54) is 35.1 Å². The molecule has 0 spiro atoms. The van der Waals surface area contributed by atoms with E-state index < -0.39 is 10.8 Å². The van der Waals surface area contributed by atoms with Crippen LogP contribution in [-0.2, 0) is 0 Å². The zero-order valence-corrected chi connectivity index (χ0v) is 38.3. The van der Waals surface area contributed by atoms with E-state index in [9.17, 15) is 0 Å². The highest BCUT2D eigenvalue weighted by atomic mass is 127. The molecule has 0 radical (unpaired) electrons. The first-order chi connectivity index (χ1) is 21.0. The Bertz CT molecular complexity index is 1310. The van der Waals surface area contributed by atoms with Gasteiger partial charge in [0.2, 0.25) is 0 Å². The number of anilines is 2. The van der Waals surface area contributed by atoms with Crippen LogP contribution in [0.1, 0.15) is 170 Å². The summed E-state index contributed by atoms with van der Waals surface area (Å²) in [5, 5.41) is -1.73. The van der Waals surface area contributed by atoms with Crippen LogP contribution in [0.5, 0.6) is 0 Å². The lowest BCUT2D eigenvalue weighted by Crippen LogP contribution is -2.55. The van der Waals surface area contributed by atoms with Crippen molar-refractivity contribution >= 4 is 65.7 Å². The van der Waals surface area contributed by atoms with Crippen molar-refractivity contribution in [3.05, 3.63) is 58.7 Å². The summed E-state index contributed by atoms with van der Waals surface area (Å²) in [6.45, 7) is 39.8. The number of halogens is 2. The summed E-state index contributed by atoms with van der Waals surface area (Å²) in [4.78, 5) is 6.03. The zero-order chi connectivity index (χ0) is 34.9. The van der Waals surface area contributed by atoms with Crippen LogP contribution in [0.4, 0.5) is 11.4 Å². The average Bonchev–Trinajstić information content (AvgIpc) is 3.23. The predicted molar refractivity (Wildman–Crippen MR) is 226 cm³/mol. The van der Waals surface area contributed by atoms with Crippen molar-refractivity contribution in [1.29, 1.82) is 0 Å². The molecule has 2 aliphatic rings. The van der Waals surface area contributed by atoms with Gasteiger partial charge in [0.25, 0.3) is 0 Å². The molecular formula is C40H64I2N2Si2. The minimum absolute atomic E-state index is 0.0991. The average molecular weight is 883 g/mol. The summed E-state index contributed by atoms with van der Waals surface area (Å²) in [6, 6.07) is 14.4. The van der Waals surface area contributed by atoms with E-state index >= 15 is 0 Å². The fourth-order valence-corrected chi connectivity index (χ4v) is 29.8. The van der Waals surface area contributed by atoms with Crippen LogP contribution in [-0.4, -0.2) is 33.2 Å². The lowest BCUT2D eigenvalue weighted by Gasteiger charge is -2.45. The molecule has 6 heteroatoms. The van der Waals surface area contributed by atoms with Crippen molar-refractivity contribution in [2.24, 2.45) is 10.8 Å². The second-order valence-corrected chi connectivity index (χ2v) is 37.2. The number of rotatable bonds is 8. The highest BCUT2D eigenvalue weighted by molar-refractivity contribution is 14.2. The van der Waals surface area contributed by atoms with Gasteiger partial charge < -0.3 is 9.80 Å². The fraction of sp³-hybridized carbons (Fsp3) is 0.700. The molecule has 2 atom stereocenters. The van der Waals surface area contributed by atoms with Crippen molar-refractivity contribution in [2.45, 2.75) is 170 Å². The van der Waals surface area contributed by atoms with Gasteiger partial charge in [-0.25, -0.2) is 0 Å². The van der Waals surface area contributed by atoms with Crippen LogP contribution < -0.4 is 9.80 Å². The highest BCUT2D eigenvalue weighted by Crippen LogP contribution is 2.55. The van der Waals surface area contributed by atoms with E-state index in [-0.39, 0.29) is 21.9 Å². The first-order valence-electron chi connectivity index (χ1n) is 17.9. The molecule has 0 amide bonds. The third-order valence-corrected chi connectivity index (χ3v) is 40.7. The Balaban J connectivity index is 2.04. The van der Waals surface area contributed by atoms with Gasteiger partial charge in [0.1, 0.15) is 10.8 Å². The summed E-state index contributed by atoms with van der Waals surface area (Å²) < 4.78 is 0. The molecule has 2 nitrogen and oxygen atoms in total. The second-order valence-electron chi connectivity index (χ2n) is 18.4. The van der Waals surface area contributed by atoms with E-state index in [1.807, 2.05) is 0 Å². The molecule has 256 valence electrons. The van der Waals surface area contributed by atoms with Gasteiger partial charge in [-0.2, -0.15) is 0 Å². The Labute approximate surface area is 312 Å². The van der Waals surface area contributed by atoms with Crippen molar-refractivity contribution in [1.82, 2.24) is 0 Å². The summed E-state index contributed by atoms with van der Waals surface area (Å²) >= 11 is 6.15. The molecule has 2 saturated heterocycles. The van der Waals surface area contributed by atoms with Crippen LogP contribution in [0.2, 0.25) is 0 Å². The summed E-state index contributed by atoms with van der Waals surface area (Å²) in [5.74, 6) is 1.98. The summed E-state index contributed by atoms with van der Waals surface area (Å²) in [7, 11) is 0. The first kappa shape index (κ1) is 38.7. The lowest BCUT2D eigenvalue weighted by molar-refractivity contribution is 0.355. The largest absolute Gasteiger partial charge is 0.362 e. The maximum absolute atomic E-state index is 3.07. The number of hydrogen-bond acceptors (Lipinski definition) is 2. The molecule has 2 aliphatic heterocycles. The van der Waals surface area contributed by atoms with E-state index in [0.29, 0.717) is 35.0 Å². The van der Waals surface area contributed by atoms with Crippen LogP contribution in [0, 0.1) is 10.8 Å². The molecular weight excluding hydrogens is 818 g/mol. The van der Waals surface area contributed by atoms with Crippen molar-refractivity contribution in [3.8, 4) is 0 Å². The molecule has 0 aliphatic carbocycles. The van der Waals surface area contributed by atoms with Gasteiger partial charge in [-0.3, -0.25) is 0 Å². The quantitative estimate of drug-likeness (QED) is 0.148. The smallest absolute Gasteiger partial charge is 0.105 e. The van der Waals surface area contributed by atoms with E-state index in [4.69, 9.17) is 0 Å². The molecule has 46 heavy (non-hydrogen) atoms. The molecule has 4 rings (SSSR count). The van der Waals surface area contributed by atoms with Crippen LogP contribution in [0.25, 0.3) is 0 Å². The maximum Gasteiger partial charge on any atom is 0.105 e. The van der Waals surface area contributed by atoms with Gasteiger partial charge in [0.15, 0.2) is 0 Å². The Morgan fingerprint density at radius 3 is 0.978 bits per heavy atom. The van der Waals surface area contributed by atoms with Crippen LogP contribution in [0.3, 0.4) is 0 Å². The number of para-hydroxylation sites is 2. The Morgan fingerprint density at radius 2 is 0.761 bits per heavy atom. The maximum atomic E-state index is 3.07. The molecule has 0 unspecified atom stereocenters. The van der Waals surface area contributed by atoms with Gasteiger partial charge in [-0.15, -0.1) is 0 Å². The Hall–Kier alpha value is -0.0662. The molecule has 0 saturated carbocycles. The minimum Gasteiger partial charge on any atom is -0.362 e. The van der Waals surface area contributed by atoms with Gasteiger partial charge >= 0.3 is 0 Å². The zero-order valence-electron chi connectivity index (χ0n) is 32.0. The van der Waals surface area contributed by atoms with Gasteiger partial charge in [0.05, 0.1) is 0 Å². The van der Waals surface area contributed by atoms with E-state index in [1.54, 1.807) is 11.4 Å². The predicted octanol–water partition coefficient (Wildman–Crippen LogP) is 12.7. The van der Waals surface area contributed by atoms with Gasteiger partial charge in [0, 0.05) is 33.8 Å². The molecule has 0 N–H and O–H groups in total. The van der Waals surface area contributed by atoms with Crippen molar-refractivity contribution < 1.29 is 0 Å². The number of nitrogens with zero attached hydrogens (tertiary/aromatic N) is 2. The molecule has 2 fully saturated rings. The fourth-order valence-electron chi connectivity index (χ4n) is 9.61. The second kappa shape index (κ2) is 13.6. The molecule has 2 aromatic rings. The first-order valence-corrected chi connectivity index (χ1v) is 28.3. The molecule has 2 aromatic carbocycles. The van der Waals surface area contributed by atoms with E-state index in [0.717, 1.165) is 0 Å². The normalized spacial score (nSPS) is 24.1. The summed E-state index contributed by atoms with van der Waals surface area (Å²) in [6.07, 6.45) is 2.46. The number of hydrogen-bond donors (Lipinski definition) is 0. The molecule has 0 aromatic heterocycles. The van der Waals surface area contributed by atoms with Crippen molar-refractivity contribution in [2.75, 3.05) is 9.80 Å². The third-order valence-electron chi connectivity index (χ3n) is 11.0. The topological polar surface area (TPSA) is 6.48 Å². The molecule has 0 bridgehead atoms. The lowest BCUT2D eigenvalue weighted by atomic mass is 9.85. The Morgan fingerprint density at radius 1 is 0.522 bits per heavy atom. The monoisotopic (exact) mass is 882 g/mol. The van der Waals surface area contributed by atoms with Gasteiger partial charge in [-0.1, -0.05) is 163 Å². The third kappa shape index (κ3) is 6.95. The van der Waals surface area contributed by atoms with Gasteiger partial charge in [-0.05, 0) is 97.3 Å². The van der Waals surface area contributed by atoms with Crippen LogP contribution >= 0.6 is 43.6 Å². The minimum atomic E-state index is -0.866. The van der Waals surface area contributed by atoms with E-state index in [2.05, 4.69) is 201 Å². The summed E-state index contributed by atoms with van der Waals surface area (Å²) in [5.41, 5.74) is 11.1. The van der Waals surface area contributed by atoms with Crippen LogP contribution in [0.15, 0.2) is 36.4 Å². The van der Waals surface area contributed by atoms with Crippen molar-refractivity contribution in [3.63, 3.8) is 0 Å². The highest BCUT2D eigenvalue weighted by Gasteiger charge is 2.57. The SMILES string of the molecule is CC(C)c1cccc(C(C)C)c1N1[C@@H](/[Si](I)=[Si](\I)[C@@H]2N(c3c(C(C)C)cccc3C(C)C)C(C)(C)CC2(C)C)C(C)(C)CC1(C)C. The Kier molecular flexibility index (Phi) is 11.4.